The average molecular weight is 479 g/mol. The van der Waals surface area contributed by atoms with Crippen molar-refractivity contribution in [3.05, 3.63) is 142 Å². The van der Waals surface area contributed by atoms with Crippen molar-refractivity contribution >= 4 is 11.6 Å². The summed E-state index contributed by atoms with van der Waals surface area (Å²) in [5.41, 5.74) is 4.39. The molecule has 0 fully saturated rings. The number of rotatable bonds is 9. The van der Waals surface area contributed by atoms with Crippen molar-refractivity contribution in [1.82, 2.24) is 9.80 Å². The monoisotopic (exact) mass is 478 g/mol. The number of Topliss-reactive ketones (excluding diaryl/α,β-unsaturated/α-hetero) is 2. The summed E-state index contributed by atoms with van der Waals surface area (Å²) in [5.74, 6) is -0.0767. The Morgan fingerprint density at radius 3 is 1.22 bits per heavy atom. The lowest BCUT2D eigenvalue weighted by molar-refractivity contribution is 0.0962. The van der Waals surface area contributed by atoms with Crippen molar-refractivity contribution < 1.29 is 9.59 Å². The zero-order chi connectivity index (χ0) is 25.3. The molecule has 0 amide bonds. The van der Waals surface area contributed by atoms with Crippen molar-refractivity contribution in [2.75, 3.05) is 13.1 Å². The van der Waals surface area contributed by atoms with E-state index in [1.807, 2.05) is 24.3 Å². The van der Waals surface area contributed by atoms with E-state index in [0.717, 1.165) is 11.1 Å². The number of carbonyl (C=O) groups is 2. The number of allylic oxidation sites excluding steroid dienone is 6. The summed E-state index contributed by atoms with van der Waals surface area (Å²) in [6, 6.07) is 14.7. The van der Waals surface area contributed by atoms with Gasteiger partial charge in [-0.2, -0.15) is 0 Å². The molecular formula is C28H22N4O4. The third-order valence-electron chi connectivity index (χ3n) is 5.64. The van der Waals surface area contributed by atoms with Gasteiger partial charge in [0, 0.05) is 35.9 Å². The first-order valence-corrected chi connectivity index (χ1v) is 11.1. The number of hydrogen-bond acceptors (Lipinski definition) is 8. The van der Waals surface area contributed by atoms with Gasteiger partial charge in [-0.1, -0.05) is 48.5 Å². The second-order valence-electron chi connectivity index (χ2n) is 8.08. The molecule has 2 aliphatic heterocycles. The molecule has 36 heavy (non-hydrogen) atoms. The van der Waals surface area contributed by atoms with E-state index in [1.54, 1.807) is 83.2 Å². The van der Waals surface area contributed by atoms with Crippen LogP contribution in [0.1, 0.15) is 20.7 Å². The van der Waals surface area contributed by atoms with Crippen molar-refractivity contribution in [1.29, 1.82) is 0 Å². The van der Waals surface area contributed by atoms with Gasteiger partial charge in [0.25, 0.3) is 0 Å². The second-order valence-corrected chi connectivity index (χ2v) is 8.08. The molecule has 0 aliphatic carbocycles. The largest absolute Gasteiger partial charge is 0.347 e. The number of hydrogen-bond donors (Lipinski definition) is 0. The van der Waals surface area contributed by atoms with Crippen LogP contribution in [0.25, 0.3) is 11.1 Å². The van der Waals surface area contributed by atoms with Crippen LogP contribution in [-0.2, 0) is 0 Å². The number of nitrogens with zero attached hydrogens (tertiary/aromatic N) is 4. The SMILES string of the molecule is O=NC=C1C=CN(CC(=O)c2ccc(-c3ccc(C(=O)CN4C=CC(=CN=O)C=C4)cc3)cc2)C=C1. The highest BCUT2D eigenvalue weighted by Gasteiger charge is 2.12. The fraction of sp³-hybridized carbons (Fsp3) is 0.0714. The van der Waals surface area contributed by atoms with Crippen LogP contribution in [0.3, 0.4) is 0 Å². The van der Waals surface area contributed by atoms with Gasteiger partial charge in [-0.25, -0.2) is 0 Å². The molecule has 0 saturated heterocycles. The average Bonchev–Trinajstić information content (AvgIpc) is 2.91. The lowest BCUT2D eigenvalue weighted by Gasteiger charge is -2.18. The van der Waals surface area contributed by atoms with Gasteiger partial charge in [-0.3, -0.25) is 9.59 Å². The van der Waals surface area contributed by atoms with Crippen LogP contribution < -0.4 is 0 Å². The van der Waals surface area contributed by atoms with E-state index in [9.17, 15) is 19.4 Å². The third kappa shape index (κ3) is 6.12. The molecule has 0 unspecified atom stereocenters. The molecule has 2 aromatic carbocycles. The van der Waals surface area contributed by atoms with Crippen LogP contribution in [0.4, 0.5) is 0 Å². The molecule has 0 atom stereocenters. The molecule has 4 rings (SSSR count). The molecule has 0 aromatic heterocycles. The lowest BCUT2D eigenvalue weighted by atomic mass is 10.00. The Labute approximate surface area is 207 Å². The summed E-state index contributed by atoms with van der Waals surface area (Å²) in [4.78, 5) is 49.3. The summed E-state index contributed by atoms with van der Waals surface area (Å²) in [6.45, 7) is 0.357. The topological polar surface area (TPSA) is 99.5 Å². The molecule has 0 radical (unpaired) electrons. The van der Waals surface area contributed by atoms with Gasteiger partial charge >= 0.3 is 0 Å². The molecule has 2 aromatic rings. The third-order valence-corrected chi connectivity index (χ3v) is 5.64. The Morgan fingerprint density at radius 1 is 0.583 bits per heavy atom. The minimum absolute atomic E-state index is 0.0384. The van der Waals surface area contributed by atoms with Crippen LogP contribution in [-0.4, -0.2) is 34.5 Å². The summed E-state index contributed by atoms with van der Waals surface area (Å²) < 4.78 is 0. The lowest BCUT2D eigenvalue weighted by Crippen LogP contribution is -2.21. The first-order valence-electron chi connectivity index (χ1n) is 11.1. The summed E-state index contributed by atoms with van der Waals surface area (Å²) in [7, 11) is 0. The zero-order valence-corrected chi connectivity index (χ0v) is 19.2. The van der Waals surface area contributed by atoms with Crippen LogP contribution in [0, 0.1) is 9.81 Å². The smallest absolute Gasteiger partial charge is 0.182 e. The highest BCUT2D eigenvalue weighted by Crippen LogP contribution is 2.22. The second kappa shape index (κ2) is 11.4. The van der Waals surface area contributed by atoms with Crippen molar-refractivity contribution in [2.24, 2.45) is 10.4 Å². The van der Waals surface area contributed by atoms with Gasteiger partial charge in [-0.15, -0.1) is 9.81 Å². The van der Waals surface area contributed by atoms with E-state index in [4.69, 9.17) is 0 Å². The maximum Gasteiger partial charge on any atom is 0.182 e. The van der Waals surface area contributed by atoms with E-state index in [1.165, 1.54) is 12.4 Å². The molecule has 0 saturated carbocycles. The zero-order valence-electron chi connectivity index (χ0n) is 19.2. The van der Waals surface area contributed by atoms with Crippen LogP contribution in [0.2, 0.25) is 0 Å². The van der Waals surface area contributed by atoms with E-state index in [2.05, 4.69) is 10.4 Å². The predicted molar refractivity (Wildman–Crippen MR) is 138 cm³/mol. The Bertz CT molecular complexity index is 1210. The molecule has 0 spiro atoms. The number of benzene rings is 2. The summed E-state index contributed by atoms with van der Waals surface area (Å²) in [6.07, 6.45) is 16.2. The molecule has 2 aliphatic rings. The van der Waals surface area contributed by atoms with Crippen LogP contribution in [0.5, 0.6) is 0 Å². The first-order chi connectivity index (χ1) is 17.6. The van der Waals surface area contributed by atoms with Gasteiger partial charge in [-0.05, 0) is 56.9 Å². The molecule has 8 heteroatoms. The maximum atomic E-state index is 12.6. The Hall–Kier alpha value is -4.98. The quantitative estimate of drug-likeness (QED) is 0.338. The minimum atomic E-state index is -0.0384. The van der Waals surface area contributed by atoms with Gasteiger partial charge < -0.3 is 9.80 Å². The molecule has 0 bridgehead atoms. The maximum absolute atomic E-state index is 12.6. The van der Waals surface area contributed by atoms with E-state index >= 15 is 0 Å². The highest BCUT2D eigenvalue weighted by atomic mass is 16.3. The summed E-state index contributed by atoms with van der Waals surface area (Å²) in [5, 5.41) is 5.47. The Morgan fingerprint density at radius 2 is 0.917 bits per heavy atom. The molecular weight excluding hydrogens is 456 g/mol. The van der Waals surface area contributed by atoms with Gasteiger partial charge in [0.2, 0.25) is 0 Å². The minimum Gasteiger partial charge on any atom is -0.347 e. The number of ketones is 2. The molecule has 2 heterocycles. The van der Waals surface area contributed by atoms with E-state index in [-0.39, 0.29) is 24.7 Å². The van der Waals surface area contributed by atoms with Gasteiger partial charge in [0.1, 0.15) is 0 Å². The number of carbonyl (C=O) groups excluding carboxylic acids is 2. The fourth-order valence-electron chi connectivity index (χ4n) is 3.65. The van der Waals surface area contributed by atoms with E-state index < -0.39 is 0 Å². The Kier molecular flexibility index (Phi) is 7.67. The van der Waals surface area contributed by atoms with E-state index in [0.29, 0.717) is 22.3 Å². The van der Waals surface area contributed by atoms with Crippen molar-refractivity contribution in [2.45, 2.75) is 0 Å². The standard InChI is InChI=1S/C28H22N4O4/c33-27(19-31-13-9-21(10-14-31)17-29-35)25-5-1-23(2-6-25)24-3-7-26(8-4-24)28(34)20-32-15-11-22(12-16-32)18-30-36/h1-18H,19-20H2. The highest BCUT2D eigenvalue weighted by molar-refractivity contribution is 5.99. The first kappa shape index (κ1) is 24.2. The van der Waals surface area contributed by atoms with Gasteiger partial charge in [0.15, 0.2) is 11.6 Å². The molecule has 8 nitrogen and oxygen atoms in total. The van der Waals surface area contributed by atoms with Crippen molar-refractivity contribution in [3.8, 4) is 11.1 Å². The van der Waals surface area contributed by atoms with Crippen molar-refractivity contribution in [3.63, 3.8) is 0 Å². The Balaban J connectivity index is 1.34. The van der Waals surface area contributed by atoms with Gasteiger partial charge in [0.05, 0.1) is 25.5 Å². The summed E-state index contributed by atoms with van der Waals surface area (Å²) >= 11 is 0. The van der Waals surface area contributed by atoms with Crippen LogP contribution >= 0.6 is 0 Å². The predicted octanol–water partition coefficient (Wildman–Crippen LogP) is 5.71. The number of nitroso groups, excluding NO2 is 2. The van der Waals surface area contributed by atoms with Crippen LogP contribution in [0.15, 0.2) is 132 Å². The normalized spacial score (nSPS) is 14.1. The molecule has 0 N–H and O–H groups in total. The molecule has 178 valence electrons. The fourth-order valence-corrected chi connectivity index (χ4v) is 3.65.